The fourth-order valence-electron chi connectivity index (χ4n) is 4.02. The molecule has 1 saturated heterocycles. The van der Waals surface area contributed by atoms with Gasteiger partial charge in [-0.3, -0.25) is 0 Å². The van der Waals surface area contributed by atoms with Crippen LogP contribution < -0.4 is 9.47 Å². The van der Waals surface area contributed by atoms with Gasteiger partial charge >= 0.3 is 0 Å². The molecule has 3 aromatic rings. The molecular weight excluding hydrogens is 416 g/mol. The highest BCUT2D eigenvalue weighted by molar-refractivity contribution is 5.31. The highest BCUT2D eigenvalue weighted by Crippen LogP contribution is 2.32. The van der Waals surface area contributed by atoms with E-state index in [2.05, 4.69) is 50.0 Å². The number of rotatable bonds is 9. The number of methoxy groups -OCH3 is 1. The normalized spacial score (nSPS) is 20.7. The Bertz CT molecular complexity index is 994. The molecule has 6 heteroatoms. The summed E-state index contributed by atoms with van der Waals surface area (Å²) in [6.45, 7) is 8.21. The summed E-state index contributed by atoms with van der Waals surface area (Å²) < 4.78 is 25.9. The van der Waals surface area contributed by atoms with Crippen LogP contribution in [0.15, 0.2) is 67.3 Å². The molecule has 2 unspecified atom stereocenters. The first-order valence-electron chi connectivity index (χ1n) is 11.5. The molecule has 1 aliphatic heterocycles. The predicted molar refractivity (Wildman–Crippen MR) is 128 cm³/mol. The zero-order valence-electron chi connectivity index (χ0n) is 20.0. The van der Waals surface area contributed by atoms with Gasteiger partial charge in [0.25, 0.3) is 0 Å². The maximum Gasteiger partial charge on any atom is 0.187 e. The van der Waals surface area contributed by atoms with E-state index in [1.807, 2.05) is 35.0 Å². The first kappa shape index (κ1) is 23.3. The molecule has 1 aliphatic rings. The van der Waals surface area contributed by atoms with Gasteiger partial charge in [-0.2, -0.15) is 0 Å². The van der Waals surface area contributed by atoms with Crippen molar-refractivity contribution in [3.8, 4) is 11.5 Å². The monoisotopic (exact) mass is 450 g/mol. The van der Waals surface area contributed by atoms with Crippen LogP contribution in [0.3, 0.4) is 0 Å². The number of ether oxygens (including phenoxy) is 4. The van der Waals surface area contributed by atoms with E-state index in [1.54, 1.807) is 19.6 Å². The van der Waals surface area contributed by atoms with E-state index in [0.29, 0.717) is 19.8 Å². The Hall–Kier alpha value is -2.83. The molecule has 4 rings (SSSR count). The third kappa shape index (κ3) is 6.15. The average molecular weight is 451 g/mol. The van der Waals surface area contributed by atoms with Crippen LogP contribution in [0, 0.1) is 0 Å². The van der Waals surface area contributed by atoms with Crippen molar-refractivity contribution in [1.29, 1.82) is 0 Å². The standard InChI is InChI=1S/C27H34N2O4/c1-26(2,3)22-7-5-21(6-8-22)13-14-27(19-29-16-15-28-20-29)32-18-25(33-27)17-31-24-11-9-23(30-4)10-12-24/h5-12,15-16,20,25H,13-14,17-19H2,1-4H3. The van der Waals surface area contributed by atoms with Gasteiger partial charge in [0.2, 0.25) is 0 Å². The van der Waals surface area contributed by atoms with Gasteiger partial charge in [-0.1, -0.05) is 45.0 Å². The van der Waals surface area contributed by atoms with Crippen LogP contribution >= 0.6 is 0 Å². The molecular formula is C27H34N2O4. The van der Waals surface area contributed by atoms with Gasteiger partial charge in [0.1, 0.15) is 24.2 Å². The summed E-state index contributed by atoms with van der Waals surface area (Å²) in [6.07, 6.45) is 6.99. The zero-order valence-corrected chi connectivity index (χ0v) is 20.0. The van der Waals surface area contributed by atoms with Crippen molar-refractivity contribution in [2.75, 3.05) is 20.3 Å². The molecule has 2 atom stereocenters. The zero-order chi connectivity index (χ0) is 23.3. The molecule has 0 aliphatic carbocycles. The lowest BCUT2D eigenvalue weighted by Crippen LogP contribution is -2.37. The number of aromatic nitrogens is 2. The molecule has 2 aromatic carbocycles. The molecule has 0 saturated carbocycles. The summed E-state index contributed by atoms with van der Waals surface area (Å²) in [6, 6.07) is 16.4. The van der Waals surface area contributed by atoms with Crippen molar-refractivity contribution < 1.29 is 18.9 Å². The van der Waals surface area contributed by atoms with Crippen molar-refractivity contribution in [3.63, 3.8) is 0 Å². The Balaban J connectivity index is 1.39. The molecule has 6 nitrogen and oxygen atoms in total. The average Bonchev–Trinajstić information content (AvgIpc) is 3.47. The molecule has 2 heterocycles. The number of hydrogen-bond donors (Lipinski definition) is 0. The van der Waals surface area contributed by atoms with Crippen molar-refractivity contribution in [3.05, 3.63) is 78.4 Å². The SMILES string of the molecule is COc1ccc(OCC2COC(CCc3ccc(C(C)(C)C)cc3)(Cn3ccnc3)O2)cc1. The van der Waals surface area contributed by atoms with Gasteiger partial charge in [-0.05, 0) is 47.2 Å². The minimum atomic E-state index is -0.711. The molecule has 33 heavy (non-hydrogen) atoms. The van der Waals surface area contributed by atoms with Gasteiger partial charge in [0.15, 0.2) is 5.79 Å². The second-order valence-corrected chi connectivity index (χ2v) is 9.63. The quantitative estimate of drug-likeness (QED) is 0.459. The lowest BCUT2D eigenvalue weighted by molar-refractivity contribution is -0.184. The molecule has 0 N–H and O–H groups in total. The molecule has 0 radical (unpaired) electrons. The summed E-state index contributed by atoms with van der Waals surface area (Å²) >= 11 is 0. The number of nitrogens with zero attached hydrogens (tertiary/aromatic N) is 2. The second kappa shape index (κ2) is 9.98. The number of hydrogen-bond acceptors (Lipinski definition) is 5. The van der Waals surface area contributed by atoms with Gasteiger partial charge in [-0.15, -0.1) is 0 Å². The fourth-order valence-corrected chi connectivity index (χ4v) is 4.02. The lowest BCUT2D eigenvalue weighted by atomic mass is 9.86. The Kier molecular flexibility index (Phi) is 7.05. The lowest BCUT2D eigenvalue weighted by Gasteiger charge is -2.29. The third-order valence-electron chi connectivity index (χ3n) is 6.01. The molecule has 0 spiro atoms. The second-order valence-electron chi connectivity index (χ2n) is 9.63. The number of benzene rings is 2. The van der Waals surface area contributed by atoms with Crippen molar-refractivity contribution in [2.45, 2.75) is 57.5 Å². The summed E-state index contributed by atoms with van der Waals surface area (Å²) in [5.41, 5.74) is 2.76. The van der Waals surface area contributed by atoms with E-state index in [9.17, 15) is 0 Å². The van der Waals surface area contributed by atoms with Crippen molar-refractivity contribution >= 4 is 0 Å². The Morgan fingerprint density at radius 1 is 1.06 bits per heavy atom. The molecule has 1 aromatic heterocycles. The topological polar surface area (TPSA) is 54.7 Å². The van der Waals surface area contributed by atoms with Crippen LogP contribution in [0.4, 0.5) is 0 Å². The fraction of sp³-hybridized carbons (Fsp3) is 0.444. The highest BCUT2D eigenvalue weighted by atomic mass is 16.8. The van der Waals surface area contributed by atoms with Gasteiger partial charge in [-0.25, -0.2) is 4.98 Å². The summed E-state index contributed by atoms with van der Waals surface area (Å²) in [5.74, 6) is 0.875. The van der Waals surface area contributed by atoms with Crippen LogP contribution in [0.1, 0.15) is 38.3 Å². The Morgan fingerprint density at radius 2 is 1.79 bits per heavy atom. The summed E-state index contributed by atoms with van der Waals surface area (Å²) in [7, 11) is 1.65. The third-order valence-corrected chi connectivity index (χ3v) is 6.01. The van der Waals surface area contributed by atoms with Crippen LogP contribution in [-0.4, -0.2) is 41.8 Å². The van der Waals surface area contributed by atoms with Gasteiger partial charge < -0.3 is 23.5 Å². The van der Waals surface area contributed by atoms with Crippen molar-refractivity contribution in [2.24, 2.45) is 0 Å². The Morgan fingerprint density at radius 3 is 2.42 bits per heavy atom. The van der Waals surface area contributed by atoms with E-state index >= 15 is 0 Å². The summed E-state index contributed by atoms with van der Waals surface area (Å²) in [4.78, 5) is 4.17. The maximum absolute atomic E-state index is 6.47. The minimum Gasteiger partial charge on any atom is -0.497 e. The highest BCUT2D eigenvalue weighted by Gasteiger charge is 2.42. The van der Waals surface area contributed by atoms with Gasteiger partial charge in [0, 0.05) is 18.8 Å². The van der Waals surface area contributed by atoms with E-state index in [0.717, 1.165) is 24.3 Å². The van der Waals surface area contributed by atoms with Crippen LogP contribution in [0.2, 0.25) is 0 Å². The van der Waals surface area contributed by atoms with E-state index < -0.39 is 5.79 Å². The first-order chi connectivity index (χ1) is 15.9. The number of imidazole rings is 1. The largest absolute Gasteiger partial charge is 0.497 e. The van der Waals surface area contributed by atoms with E-state index in [-0.39, 0.29) is 11.5 Å². The van der Waals surface area contributed by atoms with Crippen LogP contribution in [-0.2, 0) is 27.9 Å². The molecule has 0 bridgehead atoms. The van der Waals surface area contributed by atoms with Crippen LogP contribution in [0.5, 0.6) is 11.5 Å². The minimum absolute atomic E-state index is 0.140. The van der Waals surface area contributed by atoms with E-state index in [1.165, 1.54) is 11.1 Å². The maximum atomic E-state index is 6.47. The smallest absolute Gasteiger partial charge is 0.187 e. The summed E-state index contributed by atoms with van der Waals surface area (Å²) in [5, 5.41) is 0. The van der Waals surface area contributed by atoms with Crippen LogP contribution in [0.25, 0.3) is 0 Å². The molecule has 176 valence electrons. The number of aryl methyl sites for hydroxylation is 1. The van der Waals surface area contributed by atoms with Gasteiger partial charge in [0.05, 0.1) is 26.6 Å². The van der Waals surface area contributed by atoms with Crippen molar-refractivity contribution in [1.82, 2.24) is 9.55 Å². The molecule has 0 amide bonds. The molecule has 1 fully saturated rings. The predicted octanol–water partition coefficient (Wildman–Crippen LogP) is 5.01. The Labute approximate surface area is 196 Å². The first-order valence-corrected chi connectivity index (χ1v) is 11.5. The van der Waals surface area contributed by atoms with E-state index in [4.69, 9.17) is 18.9 Å².